The Labute approximate surface area is 173 Å². The molecule has 8 nitrogen and oxygen atoms in total. The molecule has 0 unspecified atom stereocenters. The summed E-state index contributed by atoms with van der Waals surface area (Å²) in [5.74, 6) is -2.92. The summed E-state index contributed by atoms with van der Waals surface area (Å²) in [7, 11) is 1.84. The molecule has 3 atom stereocenters. The highest BCUT2D eigenvalue weighted by molar-refractivity contribution is 5.83. The molecule has 2 aromatic heterocycles. The Hall–Kier alpha value is -2.78. The number of carbonyl (C=O) groups excluding carboxylic acids is 1. The lowest BCUT2D eigenvalue weighted by atomic mass is 10.1. The van der Waals surface area contributed by atoms with E-state index in [1.807, 2.05) is 19.3 Å². The van der Waals surface area contributed by atoms with Gasteiger partial charge in [0.05, 0.1) is 11.9 Å². The van der Waals surface area contributed by atoms with Crippen molar-refractivity contribution >= 4 is 23.4 Å². The topological polar surface area (TPSA) is 79.2 Å². The van der Waals surface area contributed by atoms with E-state index in [-0.39, 0.29) is 24.4 Å². The number of nitrogens with one attached hydrogen (secondary N) is 1. The number of halogens is 2. The van der Waals surface area contributed by atoms with Crippen LogP contribution in [0.25, 0.3) is 0 Å². The van der Waals surface area contributed by atoms with Crippen molar-refractivity contribution in [2.24, 2.45) is 13.0 Å². The first-order chi connectivity index (χ1) is 14.4. The van der Waals surface area contributed by atoms with Gasteiger partial charge in [-0.25, -0.2) is 13.8 Å². The van der Waals surface area contributed by atoms with Gasteiger partial charge in [-0.15, -0.1) is 0 Å². The van der Waals surface area contributed by atoms with E-state index in [2.05, 4.69) is 25.3 Å². The second kappa shape index (κ2) is 7.17. The Morgan fingerprint density at radius 1 is 1.20 bits per heavy atom. The molecule has 1 saturated carbocycles. The van der Waals surface area contributed by atoms with Crippen molar-refractivity contribution in [2.75, 3.05) is 23.3 Å². The van der Waals surface area contributed by atoms with Crippen LogP contribution in [-0.4, -0.2) is 61.7 Å². The fraction of sp³-hybridized carbons (Fsp3) is 0.600. The summed E-state index contributed by atoms with van der Waals surface area (Å²) in [5.41, 5.74) is 0.811. The predicted molar refractivity (Wildman–Crippen MR) is 107 cm³/mol. The summed E-state index contributed by atoms with van der Waals surface area (Å²) in [4.78, 5) is 25.6. The first-order valence-corrected chi connectivity index (χ1v) is 10.4. The molecule has 0 aromatic carbocycles. The van der Waals surface area contributed by atoms with Crippen molar-refractivity contribution in [3.8, 4) is 0 Å². The number of hydrogen-bond donors (Lipinski definition) is 1. The molecule has 2 bridgehead atoms. The van der Waals surface area contributed by atoms with E-state index in [4.69, 9.17) is 0 Å². The summed E-state index contributed by atoms with van der Waals surface area (Å²) in [6.45, 7) is 1.46. The van der Waals surface area contributed by atoms with Gasteiger partial charge in [0.1, 0.15) is 11.7 Å². The largest absolute Gasteiger partial charge is 0.356 e. The van der Waals surface area contributed by atoms with E-state index in [0.29, 0.717) is 5.95 Å². The van der Waals surface area contributed by atoms with Crippen LogP contribution in [0.2, 0.25) is 0 Å². The van der Waals surface area contributed by atoms with Crippen LogP contribution in [0.1, 0.15) is 32.1 Å². The molecule has 3 fully saturated rings. The quantitative estimate of drug-likeness (QED) is 0.824. The number of aromatic nitrogens is 4. The number of carbonyl (C=O) groups is 1. The molecule has 2 saturated heterocycles. The van der Waals surface area contributed by atoms with Crippen molar-refractivity contribution in [1.29, 1.82) is 0 Å². The number of aryl methyl sites for hydroxylation is 1. The van der Waals surface area contributed by atoms with Crippen LogP contribution >= 0.6 is 0 Å². The van der Waals surface area contributed by atoms with Crippen LogP contribution in [0.15, 0.2) is 24.7 Å². The van der Waals surface area contributed by atoms with Gasteiger partial charge in [-0.1, -0.05) is 0 Å². The fourth-order valence-electron chi connectivity index (χ4n) is 4.70. The number of fused-ring (bicyclic) bond motifs is 2. The summed E-state index contributed by atoms with van der Waals surface area (Å²) in [6.07, 6.45) is 8.28. The minimum absolute atomic E-state index is 0.0384. The second-order valence-electron chi connectivity index (χ2n) is 8.48. The van der Waals surface area contributed by atoms with Gasteiger partial charge in [0.2, 0.25) is 11.9 Å². The number of anilines is 3. The van der Waals surface area contributed by atoms with Crippen LogP contribution in [-0.2, 0) is 11.8 Å². The van der Waals surface area contributed by atoms with E-state index < -0.39 is 11.8 Å². The molecule has 4 heterocycles. The average Bonchev–Trinajstić information content (AvgIpc) is 3.05. The average molecular weight is 417 g/mol. The Morgan fingerprint density at radius 3 is 2.50 bits per heavy atom. The molecular weight excluding hydrogens is 392 g/mol. The van der Waals surface area contributed by atoms with Crippen LogP contribution in [0.3, 0.4) is 0 Å². The zero-order valence-corrected chi connectivity index (χ0v) is 16.8. The molecule has 2 aliphatic heterocycles. The molecule has 0 radical (unpaired) electrons. The Morgan fingerprint density at radius 2 is 1.90 bits per heavy atom. The predicted octanol–water partition coefficient (Wildman–Crippen LogP) is 2.57. The summed E-state index contributed by atoms with van der Waals surface area (Å²) >= 11 is 0. The first kappa shape index (κ1) is 19.2. The first-order valence-electron chi connectivity index (χ1n) is 10.4. The van der Waals surface area contributed by atoms with Crippen molar-refractivity contribution in [1.82, 2.24) is 24.6 Å². The van der Waals surface area contributed by atoms with E-state index in [9.17, 15) is 13.6 Å². The lowest BCUT2D eigenvalue weighted by Crippen LogP contribution is -2.47. The maximum absolute atomic E-state index is 13.5. The normalized spacial score (nSPS) is 27.5. The van der Waals surface area contributed by atoms with Crippen LogP contribution in [0, 0.1) is 5.92 Å². The highest BCUT2D eigenvalue weighted by Gasteiger charge is 2.63. The zero-order chi connectivity index (χ0) is 20.9. The van der Waals surface area contributed by atoms with Gasteiger partial charge in [0, 0.05) is 51.0 Å². The third-order valence-electron chi connectivity index (χ3n) is 6.39. The molecule has 1 N–H and O–H groups in total. The number of alkyl halides is 2. The maximum atomic E-state index is 13.5. The summed E-state index contributed by atoms with van der Waals surface area (Å²) < 4.78 is 28.6. The molecule has 1 amide bonds. The second-order valence-corrected chi connectivity index (χ2v) is 8.48. The van der Waals surface area contributed by atoms with Gasteiger partial charge < -0.3 is 15.1 Å². The number of rotatable bonds is 4. The molecule has 5 rings (SSSR count). The monoisotopic (exact) mass is 417 g/mol. The highest BCUT2D eigenvalue weighted by atomic mass is 19.3. The van der Waals surface area contributed by atoms with E-state index in [0.717, 1.165) is 50.3 Å². The Bertz CT molecular complexity index is 933. The molecule has 30 heavy (non-hydrogen) atoms. The minimum Gasteiger partial charge on any atom is -0.356 e. The van der Waals surface area contributed by atoms with Gasteiger partial charge in [-0.2, -0.15) is 10.1 Å². The molecule has 0 spiro atoms. The van der Waals surface area contributed by atoms with Gasteiger partial charge in [0.25, 0.3) is 5.92 Å². The lowest BCUT2D eigenvalue weighted by Gasteiger charge is -2.36. The van der Waals surface area contributed by atoms with E-state index >= 15 is 0 Å². The molecule has 10 heteroatoms. The molecule has 160 valence electrons. The van der Waals surface area contributed by atoms with Crippen LogP contribution in [0.4, 0.5) is 26.2 Å². The van der Waals surface area contributed by atoms with Crippen molar-refractivity contribution in [2.45, 2.75) is 50.1 Å². The number of hydrogen-bond acceptors (Lipinski definition) is 6. The smallest absolute Gasteiger partial charge is 0.260 e. The zero-order valence-electron chi connectivity index (χ0n) is 16.8. The molecular formula is C20H25F2N7O. The van der Waals surface area contributed by atoms with Crippen LogP contribution in [0.5, 0.6) is 0 Å². The van der Waals surface area contributed by atoms with Crippen molar-refractivity contribution < 1.29 is 13.6 Å². The maximum Gasteiger partial charge on any atom is 0.260 e. The van der Waals surface area contributed by atoms with Crippen molar-refractivity contribution in [3.05, 3.63) is 24.7 Å². The highest BCUT2D eigenvalue weighted by Crippen LogP contribution is 2.51. The number of amides is 1. The summed E-state index contributed by atoms with van der Waals surface area (Å²) in [6, 6.07) is 1.96. The third-order valence-corrected chi connectivity index (χ3v) is 6.39. The Balaban J connectivity index is 1.27. The Kier molecular flexibility index (Phi) is 4.59. The van der Waals surface area contributed by atoms with Crippen molar-refractivity contribution in [3.63, 3.8) is 0 Å². The molecule has 2 aromatic rings. The fourth-order valence-corrected chi connectivity index (χ4v) is 4.70. The minimum atomic E-state index is -2.80. The standard InChI is InChI=1S/C20H25F2N7O/c1-27-12-13(11-24-27)25-19-23-7-4-17(26-19)28-8-5-14-2-3-15(6-9-28)29(14)18(30)16-10-20(16,21)22/h4,7,11-12,14-16H,2-3,5-6,8-10H2,1H3,(H,23,25,26)/t14-,15+,16-/m0/s1. The molecule has 3 aliphatic rings. The van der Waals surface area contributed by atoms with Crippen LogP contribution < -0.4 is 10.2 Å². The van der Waals surface area contributed by atoms with E-state index in [1.165, 1.54) is 0 Å². The third kappa shape index (κ3) is 3.59. The van der Waals surface area contributed by atoms with Gasteiger partial charge in [-0.05, 0) is 31.7 Å². The lowest BCUT2D eigenvalue weighted by molar-refractivity contribution is -0.138. The number of nitrogens with zero attached hydrogens (tertiary/aromatic N) is 6. The summed E-state index contributed by atoms with van der Waals surface area (Å²) in [5, 5.41) is 7.28. The SMILES string of the molecule is Cn1cc(Nc2nccc(N3CC[C@H]4CC[C@@H](CC3)N4C(=O)[C@@H]3CC3(F)F)n2)cn1. The van der Waals surface area contributed by atoms with Gasteiger partial charge in [0.15, 0.2) is 0 Å². The molecule has 1 aliphatic carbocycles. The van der Waals surface area contributed by atoms with Gasteiger partial charge in [-0.3, -0.25) is 9.48 Å². The van der Waals surface area contributed by atoms with E-state index in [1.54, 1.807) is 22.0 Å². The van der Waals surface area contributed by atoms with Gasteiger partial charge >= 0.3 is 0 Å².